The van der Waals surface area contributed by atoms with Gasteiger partial charge < -0.3 is 11.1 Å². The number of hydrogen-bond donors (Lipinski definition) is 2. The Balaban J connectivity index is 2.25. The van der Waals surface area contributed by atoms with Crippen LogP contribution in [0.5, 0.6) is 0 Å². The van der Waals surface area contributed by atoms with E-state index in [-0.39, 0.29) is 16.1 Å². The largest absolute Gasteiger partial charge is 0.378 e. The van der Waals surface area contributed by atoms with E-state index in [4.69, 9.17) is 5.73 Å². The lowest BCUT2D eigenvalue weighted by Crippen LogP contribution is -2.42. The molecule has 0 bridgehead atoms. The summed E-state index contributed by atoms with van der Waals surface area (Å²) in [4.78, 5) is 10.5. The van der Waals surface area contributed by atoms with Crippen molar-refractivity contribution < 1.29 is 4.92 Å². The first-order valence-electron chi connectivity index (χ1n) is 6.29. The van der Waals surface area contributed by atoms with Crippen LogP contribution in [0.4, 0.5) is 11.4 Å². The molecule has 0 amide bonds. The minimum Gasteiger partial charge on any atom is -0.378 e. The van der Waals surface area contributed by atoms with E-state index < -0.39 is 0 Å². The van der Waals surface area contributed by atoms with Crippen LogP contribution in [0, 0.1) is 17.0 Å². The summed E-state index contributed by atoms with van der Waals surface area (Å²) >= 11 is 0. The second-order valence-corrected chi connectivity index (χ2v) is 5.13. The molecule has 1 aliphatic rings. The highest BCUT2D eigenvalue weighted by Gasteiger charge is 2.32. The molecule has 3 N–H and O–H groups in total. The zero-order chi connectivity index (χ0) is 13.2. The molecule has 1 aromatic rings. The van der Waals surface area contributed by atoms with E-state index >= 15 is 0 Å². The third-order valence-electron chi connectivity index (χ3n) is 3.63. The van der Waals surface area contributed by atoms with Crippen molar-refractivity contribution in [1.29, 1.82) is 0 Å². The lowest BCUT2D eigenvalue weighted by Gasteiger charge is -2.30. The topological polar surface area (TPSA) is 81.2 Å². The molecular formula is C13H19N3O2. The maximum atomic E-state index is 10.8. The van der Waals surface area contributed by atoms with E-state index in [0.717, 1.165) is 36.9 Å². The summed E-state index contributed by atoms with van der Waals surface area (Å²) in [6, 6.07) is 5.10. The molecule has 0 aliphatic heterocycles. The maximum Gasteiger partial charge on any atom is 0.271 e. The van der Waals surface area contributed by atoms with Gasteiger partial charge in [-0.05, 0) is 31.4 Å². The number of rotatable bonds is 4. The molecular weight excluding hydrogens is 230 g/mol. The monoisotopic (exact) mass is 249 g/mol. The summed E-state index contributed by atoms with van der Waals surface area (Å²) in [5.41, 5.74) is 7.59. The van der Waals surface area contributed by atoms with Gasteiger partial charge >= 0.3 is 0 Å². The van der Waals surface area contributed by atoms with E-state index in [1.807, 2.05) is 13.0 Å². The number of nitro groups is 1. The van der Waals surface area contributed by atoms with Crippen molar-refractivity contribution in [2.45, 2.75) is 38.1 Å². The van der Waals surface area contributed by atoms with Crippen molar-refractivity contribution in [2.24, 2.45) is 5.73 Å². The number of nitro benzene ring substituents is 1. The first kappa shape index (κ1) is 12.8. The van der Waals surface area contributed by atoms with Crippen molar-refractivity contribution in [3.05, 3.63) is 33.9 Å². The smallest absolute Gasteiger partial charge is 0.271 e. The number of anilines is 1. The highest BCUT2D eigenvalue weighted by atomic mass is 16.6. The van der Waals surface area contributed by atoms with Crippen LogP contribution >= 0.6 is 0 Å². The van der Waals surface area contributed by atoms with Crippen molar-refractivity contribution >= 4 is 11.4 Å². The van der Waals surface area contributed by atoms with Gasteiger partial charge in [0.25, 0.3) is 5.69 Å². The maximum absolute atomic E-state index is 10.8. The molecule has 1 saturated carbocycles. The fourth-order valence-electron chi connectivity index (χ4n) is 2.68. The fourth-order valence-corrected chi connectivity index (χ4v) is 2.68. The molecule has 1 aliphatic carbocycles. The van der Waals surface area contributed by atoms with Crippen molar-refractivity contribution in [2.75, 3.05) is 11.9 Å². The molecule has 5 heteroatoms. The van der Waals surface area contributed by atoms with Crippen LogP contribution in [0.2, 0.25) is 0 Å². The third-order valence-corrected chi connectivity index (χ3v) is 3.63. The second kappa shape index (κ2) is 4.94. The standard InChI is InChI=1S/C13H19N3O2/c1-10-6-11(8-12(7-10)16(17)18)15-13(9-14)4-2-3-5-13/h6-8,15H,2-5,9,14H2,1H3. The summed E-state index contributed by atoms with van der Waals surface area (Å²) in [7, 11) is 0. The number of nitrogens with one attached hydrogen (secondary N) is 1. The zero-order valence-electron chi connectivity index (χ0n) is 10.6. The van der Waals surface area contributed by atoms with Gasteiger partial charge in [-0.25, -0.2) is 0 Å². The number of nitrogens with two attached hydrogens (primary N) is 1. The molecule has 0 aromatic heterocycles. The second-order valence-electron chi connectivity index (χ2n) is 5.13. The normalized spacial score (nSPS) is 17.7. The predicted octanol–water partition coefficient (Wildman–Crippen LogP) is 2.59. The van der Waals surface area contributed by atoms with Gasteiger partial charge in [0.15, 0.2) is 0 Å². The van der Waals surface area contributed by atoms with Crippen LogP contribution in [-0.2, 0) is 0 Å². The Hall–Kier alpha value is -1.62. The summed E-state index contributed by atoms with van der Waals surface area (Å²) < 4.78 is 0. The van der Waals surface area contributed by atoms with Gasteiger partial charge in [0, 0.05) is 29.9 Å². The average Bonchev–Trinajstić information content (AvgIpc) is 2.77. The van der Waals surface area contributed by atoms with E-state index in [0.29, 0.717) is 6.54 Å². The van der Waals surface area contributed by atoms with Gasteiger partial charge in [0.1, 0.15) is 0 Å². The fraction of sp³-hybridized carbons (Fsp3) is 0.538. The molecule has 0 unspecified atom stereocenters. The highest BCUT2D eigenvalue weighted by molar-refractivity contribution is 5.55. The van der Waals surface area contributed by atoms with Crippen LogP contribution < -0.4 is 11.1 Å². The van der Waals surface area contributed by atoms with Crippen LogP contribution in [0.25, 0.3) is 0 Å². The Morgan fingerprint density at radius 1 is 1.39 bits per heavy atom. The molecule has 18 heavy (non-hydrogen) atoms. The van der Waals surface area contributed by atoms with E-state index in [2.05, 4.69) is 5.32 Å². The molecule has 0 heterocycles. The average molecular weight is 249 g/mol. The molecule has 1 aromatic carbocycles. The van der Waals surface area contributed by atoms with Crippen molar-refractivity contribution in [3.8, 4) is 0 Å². The Labute approximate surface area is 107 Å². The quantitative estimate of drug-likeness (QED) is 0.634. The lowest BCUT2D eigenvalue weighted by molar-refractivity contribution is -0.384. The number of hydrogen-bond acceptors (Lipinski definition) is 4. The minimum absolute atomic E-state index is 0.0817. The Morgan fingerprint density at radius 2 is 2.06 bits per heavy atom. The third kappa shape index (κ3) is 2.61. The first-order chi connectivity index (χ1) is 8.54. The van der Waals surface area contributed by atoms with Gasteiger partial charge in [-0.1, -0.05) is 12.8 Å². The lowest BCUT2D eigenvalue weighted by atomic mass is 9.97. The molecule has 5 nitrogen and oxygen atoms in total. The number of aryl methyl sites for hydroxylation is 1. The van der Waals surface area contributed by atoms with Gasteiger partial charge in [0.05, 0.1) is 4.92 Å². The minimum atomic E-state index is -0.359. The number of nitrogens with zero attached hydrogens (tertiary/aromatic N) is 1. The Kier molecular flexibility index (Phi) is 3.52. The highest BCUT2D eigenvalue weighted by Crippen LogP contribution is 2.33. The van der Waals surface area contributed by atoms with E-state index in [1.165, 1.54) is 0 Å². The predicted molar refractivity (Wildman–Crippen MR) is 71.7 cm³/mol. The van der Waals surface area contributed by atoms with Gasteiger partial charge in [-0.15, -0.1) is 0 Å². The van der Waals surface area contributed by atoms with Crippen molar-refractivity contribution in [3.63, 3.8) is 0 Å². The van der Waals surface area contributed by atoms with E-state index in [9.17, 15) is 10.1 Å². The summed E-state index contributed by atoms with van der Waals surface area (Å²) in [6.07, 6.45) is 4.40. The number of benzene rings is 1. The van der Waals surface area contributed by atoms with Gasteiger partial charge in [-0.3, -0.25) is 10.1 Å². The van der Waals surface area contributed by atoms with Crippen molar-refractivity contribution in [1.82, 2.24) is 0 Å². The first-order valence-corrected chi connectivity index (χ1v) is 6.29. The SMILES string of the molecule is Cc1cc(NC2(CN)CCCC2)cc([N+](=O)[O-])c1. The molecule has 0 saturated heterocycles. The van der Waals surface area contributed by atoms with Crippen LogP contribution in [0.15, 0.2) is 18.2 Å². The number of non-ortho nitro benzene ring substituents is 1. The van der Waals surface area contributed by atoms with Crippen LogP contribution in [0.1, 0.15) is 31.2 Å². The molecule has 98 valence electrons. The summed E-state index contributed by atoms with van der Waals surface area (Å²) in [6.45, 7) is 2.43. The van der Waals surface area contributed by atoms with E-state index in [1.54, 1.807) is 12.1 Å². The Morgan fingerprint density at radius 3 is 2.61 bits per heavy atom. The van der Waals surface area contributed by atoms with Gasteiger partial charge in [0.2, 0.25) is 0 Å². The molecule has 0 spiro atoms. The van der Waals surface area contributed by atoms with Crippen LogP contribution in [0.3, 0.4) is 0 Å². The molecule has 0 radical (unpaired) electrons. The molecule has 2 rings (SSSR count). The van der Waals surface area contributed by atoms with Gasteiger partial charge in [-0.2, -0.15) is 0 Å². The Bertz CT molecular complexity index is 454. The molecule has 0 atom stereocenters. The van der Waals surface area contributed by atoms with Crippen LogP contribution in [-0.4, -0.2) is 17.0 Å². The summed E-state index contributed by atoms with van der Waals surface area (Å²) in [5.74, 6) is 0. The zero-order valence-corrected chi connectivity index (χ0v) is 10.6. The molecule has 1 fully saturated rings. The summed E-state index contributed by atoms with van der Waals surface area (Å²) in [5, 5.41) is 14.3.